The van der Waals surface area contributed by atoms with Crippen LogP contribution in [-0.4, -0.2) is 20.7 Å². The smallest absolute Gasteiger partial charge is 0.244 e. The monoisotopic (exact) mass is 348 g/mol. The van der Waals surface area contributed by atoms with Crippen LogP contribution in [0.2, 0.25) is 0 Å². The van der Waals surface area contributed by atoms with Gasteiger partial charge < -0.3 is 9.73 Å². The van der Waals surface area contributed by atoms with Crippen molar-refractivity contribution in [2.75, 3.05) is 0 Å². The summed E-state index contributed by atoms with van der Waals surface area (Å²) in [6, 6.07) is 11.7. The molecule has 2 aromatic heterocycles. The van der Waals surface area contributed by atoms with E-state index in [1.165, 1.54) is 18.8 Å². The second kappa shape index (κ2) is 7.00. The van der Waals surface area contributed by atoms with E-state index in [0.717, 1.165) is 17.0 Å². The maximum atomic E-state index is 12.0. The van der Waals surface area contributed by atoms with Gasteiger partial charge in [0.05, 0.1) is 5.69 Å². The van der Waals surface area contributed by atoms with Crippen LogP contribution in [0.25, 0.3) is 11.8 Å². The Hall–Kier alpha value is -3.15. The summed E-state index contributed by atoms with van der Waals surface area (Å²) >= 11 is 0. The molecule has 0 aliphatic heterocycles. The van der Waals surface area contributed by atoms with Crippen molar-refractivity contribution in [1.29, 1.82) is 0 Å². The number of furan rings is 1. The van der Waals surface area contributed by atoms with Crippen molar-refractivity contribution in [3.8, 4) is 5.69 Å². The van der Waals surface area contributed by atoms with Crippen molar-refractivity contribution in [1.82, 2.24) is 20.1 Å². The molecule has 0 saturated heterocycles. The van der Waals surface area contributed by atoms with E-state index in [2.05, 4.69) is 22.3 Å². The molecule has 26 heavy (non-hydrogen) atoms. The Morgan fingerprint density at radius 1 is 1.31 bits per heavy atom. The van der Waals surface area contributed by atoms with Gasteiger partial charge in [-0.1, -0.05) is 19.1 Å². The Kier molecular flexibility index (Phi) is 4.39. The van der Waals surface area contributed by atoms with Gasteiger partial charge in [-0.3, -0.25) is 4.79 Å². The number of aromatic nitrogens is 3. The molecule has 0 bridgehead atoms. The van der Waals surface area contributed by atoms with Crippen LogP contribution >= 0.6 is 0 Å². The summed E-state index contributed by atoms with van der Waals surface area (Å²) in [7, 11) is 0. The molecule has 0 spiro atoms. The van der Waals surface area contributed by atoms with Gasteiger partial charge in [0.15, 0.2) is 0 Å². The normalized spacial score (nSPS) is 19.0. The molecule has 1 fully saturated rings. The lowest BCUT2D eigenvalue weighted by molar-refractivity contribution is -0.116. The number of hydrogen-bond donors (Lipinski definition) is 1. The minimum atomic E-state index is -0.150. The first-order chi connectivity index (χ1) is 12.7. The molecular formula is C20H20N4O2. The van der Waals surface area contributed by atoms with Crippen molar-refractivity contribution < 1.29 is 9.21 Å². The fourth-order valence-corrected chi connectivity index (χ4v) is 2.89. The predicted octanol–water partition coefficient (Wildman–Crippen LogP) is 3.31. The lowest BCUT2D eigenvalue weighted by atomic mass is 10.2. The molecule has 2 heterocycles. The molecule has 1 saturated carbocycles. The van der Waals surface area contributed by atoms with E-state index >= 15 is 0 Å². The molecule has 1 aromatic carbocycles. The third-order valence-corrected chi connectivity index (χ3v) is 4.61. The molecule has 3 aromatic rings. The first-order valence-corrected chi connectivity index (χ1v) is 8.68. The Balaban J connectivity index is 1.29. The summed E-state index contributed by atoms with van der Waals surface area (Å²) in [5.74, 6) is 2.84. The highest BCUT2D eigenvalue weighted by molar-refractivity contribution is 5.91. The standard InChI is InChI=1S/C20H20N4O2/c1-14-10-18(14)19-8-6-17(26-19)7-9-20(25)22-11-15-2-4-16(5-3-15)24-13-21-12-23-24/h2-9,12-14,18H,10-11H2,1H3,(H,22,25)/b9-7+/t14-,18-/m1/s1. The molecule has 0 radical (unpaired) electrons. The molecule has 1 aliphatic carbocycles. The van der Waals surface area contributed by atoms with Crippen LogP contribution < -0.4 is 5.32 Å². The van der Waals surface area contributed by atoms with Gasteiger partial charge in [0.2, 0.25) is 5.91 Å². The molecule has 6 heteroatoms. The lowest BCUT2D eigenvalue weighted by Gasteiger charge is -2.04. The van der Waals surface area contributed by atoms with Crippen LogP contribution in [-0.2, 0) is 11.3 Å². The summed E-state index contributed by atoms with van der Waals surface area (Å²) < 4.78 is 7.45. The van der Waals surface area contributed by atoms with E-state index < -0.39 is 0 Å². The third kappa shape index (κ3) is 3.74. The van der Waals surface area contributed by atoms with Gasteiger partial charge in [-0.05, 0) is 48.2 Å². The van der Waals surface area contributed by atoms with Gasteiger partial charge >= 0.3 is 0 Å². The molecule has 1 N–H and O–H groups in total. The maximum Gasteiger partial charge on any atom is 0.244 e. The lowest BCUT2D eigenvalue weighted by Crippen LogP contribution is -2.20. The zero-order valence-electron chi connectivity index (χ0n) is 14.5. The van der Waals surface area contributed by atoms with E-state index in [4.69, 9.17) is 4.42 Å². The number of carbonyl (C=O) groups is 1. The molecule has 4 rings (SSSR count). The van der Waals surface area contributed by atoms with E-state index in [1.807, 2.05) is 36.4 Å². The highest BCUT2D eigenvalue weighted by atomic mass is 16.3. The number of nitrogens with zero attached hydrogens (tertiary/aromatic N) is 3. The highest BCUT2D eigenvalue weighted by Crippen LogP contribution is 2.47. The van der Waals surface area contributed by atoms with Gasteiger partial charge in [-0.25, -0.2) is 9.67 Å². The third-order valence-electron chi connectivity index (χ3n) is 4.61. The average molecular weight is 348 g/mol. The minimum Gasteiger partial charge on any atom is -0.461 e. The number of benzene rings is 1. The molecule has 132 valence electrons. The largest absolute Gasteiger partial charge is 0.461 e. The highest BCUT2D eigenvalue weighted by Gasteiger charge is 2.36. The van der Waals surface area contributed by atoms with E-state index in [1.54, 1.807) is 17.1 Å². The second-order valence-electron chi connectivity index (χ2n) is 6.62. The second-order valence-corrected chi connectivity index (χ2v) is 6.62. The Morgan fingerprint density at radius 3 is 2.81 bits per heavy atom. The van der Waals surface area contributed by atoms with E-state index in [-0.39, 0.29) is 5.91 Å². The van der Waals surface area contributed by atoms with Gasteiger partial charge in [0, 0.05) is 18.5 Å². The minimum absolute atomic E-state index is 0.150. The number of hydrogen-bond acceptors (Lipinski definition) is 4. The molecule has 1 amide bonds. The molecule has 6 nitrogen and oxygen atoms in total. The summed E-state index contributed by atoms with van der Waals surface area (Å²) in [5.41, 5.74) is 1.94. The topological polar surface area (TPSA) is 73.0 Å². The van der Waals surface area contributed by atoms with Crippen LogP contribution in [0, 0.1) is 5.92 Å². The Bertz CT molecular complexity index is 910. The Morgan fingerprint density at radius 2 is 2.12 bits per heavy atom. The number of carbonyl (C=O) groups excluding carboxylic acids is 1. The molecule has 2 atom stereocenters. The van der Waals surface area contributed by atoms with Crippen molar-refractivity contribution in [3.05, 3.63) is 72.2 Å². The first kappa shape index (κ1) is 16.3. The first-order valence-electron chi connectivity index (χ1n) is 8.68. The zero-order chi connectivity index (χ0) is 17.9. The SMILES string of the molecule is C[C@@H]1C[C@H]1c1ccc(/C=C/C(=O)NCc2ccc(-n3cncn3)cc2)o1. The van der Waals surface area contributed by atoms with Crippen molar-refractivity contribution in [3.63, 3.8) is 0 Å². The van der Waals surface area contributed by atoms with Crippen LogP contribution in [0.3, 0.4) is 0 Å². The van der Waals surface area contributed by atoms with Crippen LogP contribution in [0.4, 0.5) is 0 Å². The van der Waals surface area contributed by atoms with E-state index in [0.29, 0.717) is 24.1 Å². The molecule has 0 unspecified atom stereocenters. The predicted molar refractivity (Wildman–Crippen MR) is 97.5 cm³/mol. The van der Waals surface area contributed by atoms with Gasteiger partial charge in [0.25, 0.3) is 0 Å². The van der Waals surface area contributed by atoms with Gasteiger partial charge in [0.1, 0.15) is 24.2 Å². The van der Waals surface area contributed by atoms with Gasteiger partial charge in [-0.2, -0.15) is 5.10 Å². The van der Waals surface area contributed by atoms with Crippen LogP contribution in [0.1, 0.15) is 36.3 Å². The zero-order valence-corrected chi connectivity index (χ0v) is 14.5. The maximum absolute atomic E-state index is 12.0. The fourth-order valence-electron chi connectivity index (χ4n) is 2.89. The molecular weight excluding hydrogens is 328 g/mol. The van der Waals surface area contributed by atoms with Crippen molar-refractivity contribution >= 4 is 12.0 Å². The quantitative estimate of drug-likeness (QED) is 0.694. The number of nitrogens with one attached hydrogen (secondary N) is 1. The van der Waals surface area contributed by atoms with Crippen LogP contribution in [0.5, 0.6) is 0 Å². The number of amides is 1. The average Bonchev–Trinajstić information content (AvgIpc) is 3.10. The molecule has 1 aliphatic rings. The fraction of sp³-hybridized carbons (Fsp3) is 0.250. The van der Waals surface area contributed by atoms with Crippen LogP contribution in [0.15, 0.2) is 59.5 Å². The summed E-state index contributed by atoms with van der Waals surface area (Å²) in [6.45, 7) is 2.68. The summed E-state index contributed by atoms with van der Waals surface area (Å²) in [5, 5.41) is 6.95. The summed E-state index contributed by atoms with van der Waals surface area (Å²) in [4.78, 5) is 15.9. The number of rotatable bonds is 6. The van der Waals surface area contributed by atoms with Crippen molar-refractivity contribution in [2.45, 2.75) is 25.8 Å². The van der Waals surface area contributed by atoms with Crippen molar-refractivity contribution in [2.24, 2.45) is 5.92 Å². The summed E-state index contributed by atoms with van der Waals surface area (Å²) in [6.07, 6.45) is 7.54. The Labute approximate surface area is 151 Å². The van der Waals surface area contributed by atoms with E-state index in [9.17, 15) is 4.79 Å². The van der Waals surface area contributed by atoms with Gasteiger partial charge in [-0.15, -0.1) is 0 Å².